The lowest BCUT2D eigenvalue weighted by atomic mass is 10.2. The molecule has 0 atom stereocenters. The van der Waals surface area contributed by atoms with Crippen LogP contribution < -0.4 is 0 Å². The molecule has 0 radical (unpaired) electrons. The van der Waals surface area contributed by atoms with Crippen LogP contribution in [-0.2, 0) is 0 Å². The van der Waals surface area contributed by atoms with Crippen LogP contribution in [0.3, 0.4) is 0 Å². The van der Waals surface area contributed by atoms with Crippen molar-refractivity contribution in [3.63, 3.8) is 0 Å². The van der Waals surface area contributed by atoms with Gasteiger partial charge < -0.3 is 0 Å². The summed E-state index contributed by atoms with van der Waals surface area (Å²) in [7, 11) is 0. The van der Waals surface area contributed by atoms with Crippen LogP contribution in [0.2, 0.25) is 0 Å². The van der Waals surface area contributed by atoms with Crippen molar-refractivity contribution in [1.29, 1.82) is 0 Å². The van der Waals surface area contributed by atoms with Gasteiger partial charge in [0.25, 0.3) is 0 Å². The van der Waals surface area contributed by atoms with E-state index in [1.54, 1.807) is 3.57 Å². The van der Waals surface area contributed by atoms with E-state index in [0.717, 1.165) is 0 Å². The predicted molar refractivity (Wildman–Crippen MR) is 94.9 cm³/mol. The van der Waals surface area contributed by atoms with Crippen molar-refractivity contribution >= 4 is 35.8 Å². The maximum Gasteiger partial charge on any atom is 0.0129 e. The molecular weight excluding hydrogens is 434 g/mol. The molecule has 0 saturated heterocycles. The Labute approximate surface area is 115 Å². The first-order valence-electron chi connectivity index (χ1n) is 5.43. The highest BCUT2D eigenvalue weighted by molar-refractivity contribution is 14.8. The van der Waals surface area contributed by atoms with Crippen molar-refractivity contribution in [3.8, 4) is 0 Å². The second kappa shape index (κ2) is 6.09. The molecule has 0 aliphatic heterocycles. The molecule has 0 aliphatic rings. The highest BCUT2D eigenvalue weighted by Gasteiger charge is 1.93. The van der Waals surface area contributed by atoms with Crippen LogP contribution in [0.15, 0.2) is 48.5 Å². The molecular formula is C15H16I2. The molecule has 2 heteroatoms. The van der Waals surface area contributed by atoms with Gasteiger partial charge >= 0.3 is 0 Å². The molecule has 0 saturated carbocycles. The molecule has 2 aromatic rings. The van der Waals surface area contributed by atoms with Crippen LogP contribution in [0, 0.1) is 21.0 Å². The van der Waals surface area contributed by atoms with E-state index < -0.39 is 14.7 Å². The summed E-state index contributed by atoms with van der Waals surface area (Å²) in [6, 6.07) is 17.9. The summed E-state index contributed by atoms with van der Waals surface area (Å²) < 4.78 is 7.56. The number of hydrogen-bond acceptors (Lipinski definition) is 0. The SMILES string of the molecule is C=I(=Ic1cccc(C)c1)c1cccc(C)c1. The molecule has 0 fully saturated rings. The molecule has 2 aromatic carbocycles. The lowest BCUT2D eigenvalue weighted by Crippen LogP contribution is -1.75. The van der Waals surface area contributed by atoms with Crippen LogP contribution in [0.4, 0.5) is 0 Å². The second-order valence-corrected chi connectivity index (χ2v) is 18.0. The Morgan fingerprint density at radius 1 is 0.941 bits per heavy atom. The summed E-state index contributed by atoms with van der Waals surface area (Å²) in [6.07, 6.45) is 0. The number of halogens is 2. The van der Waals surface area contributed by atoms with Crippen LogP contribution >= 0.6 is 31.3 Å². The second-order valence-electron chi connectivity index (χ2n) is 3.98. The van der Waals surface area contributed by atoms with Gasteiger partial charge in [0.1, 0.15) is 0 Å². The first-order chi connectivity index (χ1) is 8.15. The molecule has 0 bridgehead atoms. The van der Waals surface area contributed by atoms with E-state index in [4.69, 9.17) is 0 Å². The van der Waals surface area contributed by atoms with Gasteiger partial charge in [-0.05, 0) is 38.1 Å². The van der Waals surface area contributed by atoms with Crippen molar-refractivity contribution in [3.05, 3.63) is 66.8 Å². The molecule has 90 valence electrons. The Bertz CT molecular complexity index is 606. The molecule has 0 aromatic heterocycles. The predicted octanol–water partition coefficient (Wildman–Crippen LogP) is 5.17. The third-order valence-corrected chi connectivity index (χ3v) is 15.6. The molecule has 0 aliphatic carbocycles. The summed E-state index contributed by atoms with van der Waals surface area (Å²) in [6.45, 7) is 4.33. The van der Waals surface area contributed by atoms with E-state index in [0.29, 0.717) is 0 Å². The molecule has 2 rings (SSSR count). The topological polar surface area (TPSA) is 0 Å². The number of aryl methyl sites for hydroxylation is 2. The lowest BCUT2D eigenvalue weighted by molar-refractivity contribution is 1.45. The highest BCUT2D eigenvalue weighted by atomic mass is 128. The van der Waals surface area contributed by atoms with Crippen molar-refractivity contribution in [2.45, 2.75) is 13.8 Å². The number of hydrogen-bond donors (Lipinski definition) is 0. The van der Waals surface area contributed by atoms with E-state index in [-0.39, 0.29) is 16.6 Å². The third-order valence-electron chi connectivity index (χ3n) is 2.37. The maximum absolute atomic E-state index is 4.48. The van der Waals surface area contributed by atoms with Crippen LogP contribution in [0.5, 0.6) is 0 Å². The quantitative estimate of drug-likeness (QED) is 0.555. The largest absolute Gasteiger partial charge is 0.0878 e. The summed E-state index contributed by atoms with van der Waals surface area (Å²) in [5.74, 6) is 0. The zero-order chi connectivity index (χ0) is 12.3. The molecule has 17 heavy (non-hydrogen) atoms. The van der Waals surface area contributed by atoms with Gasteiger partial charge in [-0.1, -0.05) is 71.2 Å². The molecule has 0 unspecified atom stereocenters. The Balaban J connectivity index is 2.38. The van der Waals surface area contributed by atoms with Gasteiger partial charge in [0.15, 0.2) is 0 Å². The van der Waals surface area contributed by atoms with Crippen molar-refractivity contribution in [2.75, 3.05) is 0 Å². The van der Waals surface area contributed by atoms with Gasteiger partial charge in [0.2, 0.25) is 0 Å². The minimum atomic E-state index is -1.16. The normalized spacial score (nSPS) is 13.1. The summed E-state index contributed by atoms with van der Waals surface area (Å²) in [5.41, 5.74) is 2.73. The fourth-order valence-corrected chi connectivity index (χ4v) is 13.5. The first kappa shape index (κ1) is 13.2. The molecule has 0 spiro atoms. The van der Waals surface area contributed by atoms with E-state index in [1.807, 2.05) is 0 Å². The van der Waals surface area contributed by atoms with Crippen LogP contribution in [0.1, 0.15) is 11.1 Å². The van der Waals surface area contributed by atoms with E-state index in [9.17, 15) is 0 Å². The van der Waals surface area contributed by atoms with Crippen molar-refractivity contribution in [1.82, 2.24) is 0 Å². The smallest absolute Gasteiger partial charge is 0.0129 e. The number of benzene rings is 2. The molecule has 0 N–H and O–H groups in total. The number of rotatable bonds is 2. The third kappa shape index (κ3) is 3.88. The maximum atomic E-state index is 4.48. The van der Waals surface area contributed by atoms with Gasteiger partial charge in [-0.2, -0.15) is 0 Å². The fraction of sp³-hybridized carbons (Fsp3) is 0.133. The summed E-state index contributed by atoms with van der Waals surface area (Å²) in [4.78, 5) is 0. The van der Waals surface area contributed by atoms with E-state index in [1.165, 1.54) is 14.7 Å². The van der Waals surface area contributed by atoms with E-state index in [2.05, 4.69) is 66.9 Å². The van der Waals surface area contributed by atoms with Gasteiger partial charge in [-0.3, -0.25) is 0 Å². The Hall–Kier alpha value is -0.230. The lowest BCUT2D eigenvalue weighted by Gasteiger charge is -1.99. The average Bonchev–Trinajstić information content (AvgIpc) is 2.29. The highest BCUT2D eigenvalue weighted by Crippen LogP contribution is 2.35. The standard InChI is InChI=1S/C15H16I2/c1-12-6-4-8-14(10-12)16-17(3)15-9-5-7-13(2)11-15/h4-11H,3H2,1-2H3. The first-order valence-corrected chi connectivity index (χ1v) is 15.4. The van der Waals surface area contributed by atoms with Crippen LogP contribution in [0.25, 0.3) is 0 Å². The van der Waals surface area contributed by atoms with Crippen molar-refractivity contribution in [2.24, 2.45) is 0 Å². The minimum Gasteiger partial charge on any atom is -0.0878 e. The average molecular weight is 450 g/mol. The zero-order valence-electron chi connectivity index (χ0n) is 10.1. The van der Waals surface area contributed by atoms with Gasteiger partial charge in [-0.25, -0.2) is 0 Å². The summed E-state index contributed by atoms with van der Waals surface area (Å²) >= 11 is -1.06. The fourth-order valence-electron chi connectivity index (χ4n) is 1.52. The van der Waals surface area contributed by atoms with Gasteiger partial charge in [0, 0.05) is 7.14 Å². The van der Waals surface area contributed by atoms with Crippen molar-refractivity contribution < 1.29 is 0 Å². The Morgan fingerprint density at radius 2 is 1.59 bits per heavy atom. The minimum absolute atomic E-state index is 0.101. The van der Waals surface area contributed by atoms with Crippen LogP contribution in [-0.4, -0.2) is 4.51 Å². The Kier molecular flexibility index (Phi) is 4.73. The molecule has 0 nitrogen and oxygen atoms in total. The summed E-state index contributed by atoms with van der Waals surface area (Å²) in [5, 5.41) is 0. The molecule has 0 heterocycles. The monoisotopic (exact) mass is 450 g/mol. The van der Waals surface area contributed by atoms with E-state index >= 15 is 0 Å². The Morgan fingerprint density at radius 3 is 2.24 bits per heavy atom. The van der Waals surface area contributed by atoms with Gasteiger partial charge in [0.05, 0.1) is 0 Å². The zero-order valence-corrected chi connectivity index (χ0v) is 14.4. The molecule has 0 amide bonds. The van der Waals surface area contributed by atoms with Gasteiger partial charge in [-0.15, -0.1) is 0 Å².